The van der Waals surface area contributed by atoms with Gasteiger partial charge in [0.1, 0.15) is 5.78 Å². The third-order valence-electron chi connectivity index (χ3n) is 1.11. The summed E-state index contributed by atoms with van der Waals surface area (Å²) in [6.45, 7) is -0.899. The second-order valence-electron chi connectivity index (χ2n) is 2.31. The molecule has 0 rings (SSSR count). The van der Waals surface area contributed by atoms with Gasteiger partial charge in [-0.1, -0.05) is 0 Å². The van der Waals surface area contributed by atoms with Gasteiger partial charge in [0.25, 0.3) is 0 Å². The van der Waals surface area contributed by atoms with Crippen LogP contribution >= 0.6 is 15.2 Å². The average molecular weight is 235 g/mol. The maximum Gasteiger partial charge on any atom is 0.344 e. The van der Waals surface area contributed by atoms with Crippen LogP contribution in [0.1, 0.15) is 0 Å². The van der Waals surface area contributed by atoms with Gasteiger partial charge in [0.2, 0.25) is 0 Å². The normalized spacial score (nSPS) is 15.8. The van der Waals surface area contributed by atoms with Gasteiger partial charge in [0.15, 0.2) is 0 Å². The van der Waals surface area contributed by atoms with Gasteiger partial charge in [-0.15, -0.1) is 0 Å². The van der Waals surface area contributed by atoms with Gasteiger partial charge in [0, 0.05) is 0 Å². The van der Waals surface area contributed by atoms with Crippen LogP contribution in [-0.2, 0) is 9.13 Å². The molecule has 1 unspecified atom stereocenters. The third kappa shape index (κ3) is 6.31. The van der Waals surface area contributed by atoms with E-state index in [1.165, 1.54) is 0 Å². The molecular weight excluding hydrogens is 224 g/mol. The summed E-state index contributed by atoms with van der Waals surface area (Å²) in [5.41, 5.74) is 0. The summed E-state index contributed by atoms with van der Waals surface area (Å²) in [5, 5.41) is 10.3. The lowest BCUT2D eigenvalue weighted by molar-refractivity contribution is 0.250. The van der Waals surface area contributed by atoms with E-state index < -0.39 is 33.9 Å². The summed E-state index contributed by atoms with van der Waals surface area (Å²) >= 11 is 0. The summed E-state index contributed by atoms with van der Waals surface area (Å²) in [6.07, 6.45) is -0.886. The van der Waals surface area contributed by atoms with Gasteiger partial charge in [0.05, 0.1) is 12.9 Å². The molecule has 0 aliphatic heterocycles. The molecule has 0 aromatic rings. The first-order valence-electron chi connectivity index (χ1n) is 3.11. The standard InChI is InChI=1S/C3H11NO7P2/c5-1-3(13(9,10)11)4-2-12(6,7)8/h3-5H,1-2H2,(H2,6,7,8)(H2,9,10,11). The summed E-state index contributed by atoms with van der Waals surface area (Å²) in [7, 11) is -8.93. The van der Waals surface area contributed by atoms with Crippen molar-refractivity contribution >= 4 is 15.2 Å². The molecule has 8 nitrogen and oxygen atoms in total. The molecule has 10 heteroatoms. The second kappa shape index (κ2) is 4.63. The predicted molar refractivity (Wildman–Crippen MR) is 43.0 cm³/mol. The SMILES string of the molecule is O=P(O)(O)CNC(CO)P(=O)(O)O. The highest BCUT2D eigenvalue weighted by atomic mass is 31.2. The van der Waals surface area contributed by atoms with Crippen LogP contribution in [0.4, 0.5) is 0 Å². The Morgan fingerprint density at radius 3 is 1.85 bits per heavy atom. The number of hydrogen-bond acceptors (Lipinski definition) is 4. The molecule has 0 fully saturated rings. The van der Waals surface area contributed by atoms with E-state index in [4.69, 9.17) is 24.7 Å². The van der Waals surface area contributed by atoms with Crippen LogP contribution in [-0.4, -0.2) is 43.4 Å². The first-order valence-corrected chi connectivity index (χ1v) is 6.59. The van der Waals surface area contributed by atoms with Crippen LogP contribution in [0.15, 0.2) is 0 Å². The maximum atomic E-state index is 10.5. The molecule has 0 saturated heterocycles. The lowest BCUT2D eigenvalue weighted by atomic mass is 10.7. The van der Waals surface area contributed by atoms with E-state index in [9.17, 15) is 9.13 Å². The van der Waals surface area contributed by atoms with Crippen molar-refractivity contribution in [2.45, 2.75) is 5.78 Å². The quantitative estimate of drug-likeness (QED) is 0.306. The highest BCUT2D eigenvalue weighted by Crippen LogP contribution is 2.41. The molecule has 0 spiro atoms. The van der Waals surface area contributed by atoms with Crippen LogP contribution in [0.2, 0.25) is 0 Å². The van der Waals surface area contributed by atoms with Gasteiger partial charge in [-0.05, 0) is 0 Å². The smallest absolute Gasteiger partial charge is 0.344 e. The molecule has 6 N–H and O–H groups in total. The molecule has 13 heavy (non-hydrogen) atoms. The zero-order valence-corrected chi connectivity index (χ0v) is 8.23. The second-order valence-corrected chi connectivity index (χ2v) is 5.76. The van der Waals surface area contributed by atoms with Gasteiger partial charge in [-0.3, -0.25) is 14.4 Å². The molecule has 0 aromatic heterocycles. The number of nitrogens with one attached hydrogen (secondary N) is 1. The Labute approximate surface area is 73.9 Å². The molecule has 0 radical (unpaired) electrons. The number of hydrogen-bond donors (Lipinski definition) is 6. The van der Waals surface area contributed by atoms with Crippen LogP contribution in [0, 0.1) is 0 Å². The third-order valence-corrected chi connectivity index (χ3v) is 2.86. The highest BCUT2D eigenvalue weighted by Gasteiger charge is 2.29. The van der Waals surface area contributed by atoms with E-state index >= 15 is 0 Å². The Morgan fingerprint density at radius 2 is 1.62 bits per heavy atom. The van der Waals surface area contributed by atoms with Gasteiger partial charge in [-0.2, -0.15) is 0 Å². The molecular formula is C3H11NO7P2. The number of rotatable bonds is 5. The molecule has 0 heterocycles. The Bertz CT molecular complexity index is 242. The van der Waals surface area contributed by atoms with Crippen molar-refractivity contribution in [3.63, 3.8) is 0 Å². The first kappa shape index (κ1) is 13.2. The summed E-state index contributed by atoms with van der Waals surface area (Å²) in [4.78, 5) is 33.7. The Morgan fingerprint density at radius 1 is 1.15 bits per heavy atom. The van der Waals surface area contributed by atoms with Crippen LogP contribution in [0.3, 0.4) is 0 Å². The molecule has 0 aromatic carbocycles. The van der Waals surface area contributed by atoms with E-state index in [1.54, 1.807) is 0 Å². The van der Waals surface area contributed by atoms with Crippen molar-refractivity contribution < 1.29 is 33.8 Å². The van der Waals surface area contributed by atoms with E-state index in [0.29, 0.717) is 0 Å². The van der Waals surface area contributed by atoms with Crippen LogP contribution < -0.4 is 5.32 Å². The van der Waals surface area contributed by atoms with Crippen molar-refractivity contribution in [1.29, 1.82) is 0 Å². The summed E-state index contributed by atoms with van der Waals surface area (Å²) in [5.74, 6) is -1.64. The van der Waals surface area contributed by atoms with Crippen molar-refractivity contribution in [3.05, 3.63) is 0 Å². The molecule has 0 aliphatic carbocycles. The minimum atomic E-state index is -4.57. The first-order chi connectivity index (χ1) is 5.67. The molecule has 80 valence electrons. The van der Waals surface area contributed by atoms with Crippen LogP contribution in [0.5, 0.6) is 0 Å². The fourth-order valence-corrected chi connectivity index (χ4v) is 1.66. The molecule has 0 aliphatic rings. The summed E-state index contributed by atoms with van der Waals surface area (Å²) in [6, 6.07) is 0. The van der Waals surface area contributed by atoms with Crippen LogP contribution in [0.25, 0.3) is 0 Å². The minimum Gasteiger partial charge on any atom is -0.394 e. The fourth-order valence-electron chi connectivity index (χ4n) is 0.514. The van der Waals surface area contributed by atoms with E-state index in [0.717, 1.165) is 0 Å². The predicted octanol–water partition coefficient (Wildman–Crippen LogP) is -1.79. The average Bonchev–Trinajstić information content (AvgIpc) is 1.82. The van der Waals surface area contributed by atoms with E-state index in [1.807, 2.05) is 5.32 Å². The summed E-state index contributed by atoms with van der Waals surface area (Å²) < 4.78 is 20.8. The Hall–Kier alpha value is 0.220. The molecule has 0 saturated carbocycles. The Kier molecular flexibility index (Phi) is 4.71. The number of aliphatic hydroxyl groups is 1. The van der Waals surface area contributed by atoms with E-state index in [2.05, 4.69) is 0 Å². The lowest BCUT2D eigenvalue weighted by Crippen LogP contribution is -2.32. The van der Waals surface area contributed by atoms with Crippen molar-refractivity contribution in [1.82, 2.24) is 5.32 Å². The minimum absolute atomic E-state index is 0.886. The van der Waals surface area contributed by atoms with Crippen molar-refractivity contribution in [2.75, 3.05) is 12.9 Å². The highest BCUT2D eigenvalue weighted by molar-refractivity contribution is 7.53. The molecule has 0 amide bonds. The zero-order valence-electron chi connectivity index (χ0n) is 6.44. The largest absolute Gasteiger partial charge is 0.394 e. The van der Waals surface area contributed by atoms with Gasteiger partial charge in [-0.25, -0.2) is 0 Å². The molecule has 0 bridgehead atoms. The van der Waals surface area contributed by atoms with E-state index in [-0.39, 0.29) is 0 Å². The topological polar surface area (TPSA) is 147 Å². The van der Waals surface area contributed by atoms with Gasteiger partial charge >= 0.3 is 15.2 Å². The Balaban J connectivity index is 4.18. The zero-order chi connectivity index (χ0) is 10.7. The fraction of sp³-hybridized carbons (Fsp3) is 1.00. The maximum absolute atomic E-state index is 10.5. The molecule has 1 atom stereocenters. The lowest BCUT2D eigenvalue weighted by Gasteiger charge is -2.17. The number of aliphatic hydroxyl groups excluding tert-OH is 1. The van der Waals surface area contributed by atoms with Crippen molar-refractivity contribution in [3.8, 4) is 0 Å². The monoisotopic (exact) mass is 235 g/mol. The van der Waals surface area contributed by atoms with Gasteiger partial charge < -0.3 is 24.7 Å². The van der Waals surface area contributed by atoms with Crippen molar-refractivity contribution in [2.24, 2.45) is 0 Å².